The van der Waals surface area contributed by atoms with Crippen molar-refractivity contribution in [1.29, 1.82) is 0 Å². The first-order chi connectivity index (χ1) is 8.31. The number of halogens is 1. The number of rotatable bonds is 7. The Labute approximate surface area is 122 Å². The zero-order valence-corrected chi connectivity index (χ0v) is 14.2. The quantitative estimate of drug-likeness (QED) is 0.804. The van der Waals surface area contributed by atoms with E-state index in [9.17, 15) is 8.42 Å². The zero-order chi connectivity index (χ0) is 13.8. The highest BCUT2D eigenvalue weighted by Crippen LogP contribution is 2.26. The molecule has 1 N–H and O–H groups in total. The van der Waals surface area contributed by atoms with Crippen LogP contribution >= 0.6 is 27.3 Å². The van der Waals surface area contributed by atoms with E-state index in [1.807, 2.05) is 6.92 Å². The SMILES string of the molecule is CC(C)CCCC(C)NS(=O)(=O)c1ccc(Br)s1. The van der Waals surface area contributed by atoms with Crippen molar-refractivity contribution in [1.82, 2.24) is 4.72 Å². The van der Waals surface area contributed by atoms with Gasteiger partial charge < -0.3 is 0 Å². The molecule has 0 fully saturated rings. The van der Waals surface area contributed by atoms with Gasteiger partial charge in [0.25, 0.3) is 0 Å². The molecule has 1 atom stereocenters. The van der Waals surface area contributed by atoms with Crippen LogP contribution in [0.25, 0.3) is 0 Å². The molecule has 0 amide bonds. The summed E-state index contributed by atoms with van der Waals surface area (Å²) in [5.41, 5.74) is 0. The van der Waals surface area contributed by atoms with Crippen molar-refractivity contribution in [2.75, 3.05) is 0 Å². The molecular formula is C12H20BrNO2S2. The zero-order valence-electron chi connectivity index (χ0n) is 10.9. The van der Waals surface area contributed by atoms with E-state index in [4.69, 9.17) is 0 Å². The normalized spacial score (nSPS) is 14.1. The van der Waals surface area contributed by atoms with Crippen LogP contribution in [0.4, 0.5) is 0 Å². The van der Waals surface area contributed by atoms with Crippen LogP contribution in [0.5, 0.6) is 0 Å². The predicted octanol–water partition coefficient (Wildman–Crippen LogP) is 4.00. The van der Waals surface area contributed by atoms with Crippen LogP contribution < -0.4 is 4.72 Å². The minimum absolute atomic E-state index is 0.0189. The van der Waals surface area contributed by atoms with Crippen molar-refractivity contribution in [3.8, 4) is 0 Å². The molecule has 18 heavy (non-hydrogen) atoms. The van der Waals surface area contributed by atoms with Crippen LogP contribution in [0.2, 0.25) is 0 Å². The second kappa shape index (κ2) is 7.03. The molecule has 1 aromatic heterocycles. The maximum Gasteiger partial charge on any atom is 0.250 e. The molecule has 1 unspecified atom stereocenters. The van der Waals surface area contributed by atoms with Gasteiger partial charge in [-0.1, -0.05) is 26.7 Å². The third kappa shape index (κ3) is 5.38. The van der Waals surface area contributed by atoms with Gasteiger partial charge in [0.05, 0.1) is 3.79 Å². The summed E-state index contributed by atoms with van der Waals surface area (Å²) >= 11 is 4.51. The number of hydrogen-bond acceptors (Lipinski definition) is 3. The lowest BCUT2D eigenvalue weighted by Gasteiger charge is -2.13. The monoisotopic (exact) mass is 353 g/mol. The summed E-state index contributed by atoms with van der Waals surface area (Å²) < 4.78 is 28.0. The fraction of sp³-hybridized carbons (Fsp3) is 0.667. The maximum atomic E-state index is 12.0. The third-order valence-corrected chi connectivity index (χ3v) is 6.29. The van der Waals surface area contributed by atoms with Crippen molar-refractivity contribution in [2.45, 2.75) is 50.3 Å². The summed E-state index contributed by atoms with van der Waals surface area (Å²) in [6.45, 7) is 6.27. The Morgan fingerprint density at radius 1 is 1.28 bits per heavy atom. The third-order valence-electron chi connectivity index (χ3n) is 2.59. The minimum atomic E-state index is -3.35. The van der Waals surface area contributed by atoms with Gasteiger partial charge >= 0.3 is 0 Å². The lowest BCUT2D eigenvalue weighted by atomic mass is 10.0. The summed E-state index contributed by atoms with van der Waals surface area (Å²) in [5.74, 6) is 0.669. The van der Waals surface area contributed by atoms with Gasteiger partial charge in [0.1, 0.15) is 4.21 Å². The topological polar surface area (TPSA) is 46.2 Å². The van der Waals surface area contributed by atoms with Gasteiger partial charge in [-0.05, 0) is 47.3 Å². The highest BCUT2D eigenvalue weighted by Gasteiger charge is 2.19. The molecule has 0 aromatic carbocycles. The molecule has 1 heterocycles. The van der Waals surface area contributed by atoms with Crippen LogP contribution in [0.1, 0.15) is 40.0 Å². The summed E-state index contributed by atoms with van der Waals surface area (Å²) in [7, 11) is -3.35. The average molecular weight is 354 g/mol. The van der Waals surface area contributed by atoms with E-state index in [-0.39, 0.29) is 6.04 Å². The van der Waals surface area contributed by atoms with Gasteiger partial charge in [-0.15, -0.1) is 11.3 Å². The Balaban J connectivity index is 2.50. The van der Waals surface area contributed by atoms with Crippen molar-refractivity contribution in [2.24, 2.45) is 5.92 Å². The number of thiophene rings is 1. The highest BCUT2D eigenvalue weighted by molar-refractivity contribution is 9.11. The van der Waals surface area contributed by atoms with Crippen LogP contribution in [0.15, 0.2) is 20.1 Å². The molecule has 0 spiro atoms. The molecule has 0 bridgehead atoms. The molecule has 0 saturated carbocycles. The summed E-state index contributed by atoms with van der Waals surface area (Å²) in [6.07, 6.45) is 3.07. The fourth-order valence-corrected chi connectivity index (χ4v) is 4.96. The van der Waals surface area contributed by atoms with Crippen LogP contribution in [0, 0.1) is 5.92 Å². The smallest absolute Gasteiger partial charge is 0.208 e. The van der Waals surface area contributed by atoms with E-state index in [1.165, 1.54) is 11.3 Å². The van der Waals surface area contributed by atoms with Crippen LogP contribution in [-0.4, -0.2) is 14.5 Å². The van der Waals surface area contributed by atoms with Gasteiger partial charge in [0, 0.05) is 6.04 Å². The summed E-state index contributed by atoms with van der Waals surface area (Å²) in [5, 5.41) is 0. The number of nitrogens with one attached hydrogen (secondary N) is 1. The Morgan fingerprint density at radius 3 is 2.44 bits per heavy atom. The Kier molecular flexibility index (Phi) is 6.30. The molecule has 0 aliphatic heterocycles. The van der Waals surface area contributed by atoms with E-state index in [0.717, 1.165) is 23.0 Å². The van der Waals surface area contributed by atoms with Crippen molar-refractivity contribution in [3.05, 3.63) is 15.9 Å². The van der Waals surface area contributed by atoms with Gasteiger partial charge in [-0.3, -0.25) is 0 Å². The molecule has 1 rings (SSSR count). The van der Waals surface area contributed by atoms with Crippen molar-refractivity contribution < 1.29 is 8.42 Å². The first-order valence-corrected chi connectivity index (χ1v) is 9.18. The van der Waals surface area contributed by atoms with E-state index in [0.29, 0.717) is 10.1 Å². The maximum absolute atomic E-state index is 12.0. The van der Waals surface area contributed by atoms with Crippen LogP contribution in [0.3, 0.4) is 0 Å². The van der Waals surface area contributed by atoms with Gasteiger partial charge in [0.2, 0.25) is 10.0 Å². The lowest BCUT2D eigenvalue weighted by molar-refractivity contribution is 0.489. The minimum Gasteiger partial charge on any atom is -0.208 e. The van der Waals surface area contributed by atoms with Crippen molar-refractivity contribution in [3.63, 3.8) is 0 Å². The van der Waals surface area contributed by atoms with Crippen molar-refractivity contribution >= 4 is 37.3 Å². The average Bonchev–Trinajstić information content (AvgIpc) is 2.64. The molecule has 0 aliphatic carbocycles. The Hall–Kier alpha value is 0.0900. The highest BCUT2D eigenvalue weighted by atomic mass is 79.9. The second-order valence-electron chi connectivity index (χ2n) is 4.91. The van der Waals surface area contributed by atoms with E-state index >= 15 is 0 Å². The van der Waals surface area contributed by atoms with E-state index in [2.05, 4.69) is 34.5 Å². The summed E-state index contributed by atoms with van der Waals surface area (Å²) in [4.78, 5) is 0. The molecule has 0 saturated heterocycles. The first kappa shape index (κ1) is 16.1. The Morgan fingerprint density at radius 2 is 1.94 bits per heavy atom. The summed E-state index contributed by atoms with van der Waals surface area (Å²) in [6, 6.07) is 3.36. The van der Waals surface area contributed by atoms with E-state index in [1.54, 1.807) is 12.1 Å². The fourth-order valence-electron chi connectivity index (χ4n) is 1.66. The molecular weight excluding hydrogens is 334 g/mol. The molecule has 104 valence electrons. The van der Waals surface area contributed by atoms with Crippen LogP contribution in [-0.2, 0) is 10.0 Å². The van der Waals surface area contributed by atoms with E-state index < -0.39 is 10.0 Å². The first-order valence-electron chi connectivity index (χ1n) is 6.09. The van der Waals surface area contributed by atoms with Gasteiger partial charge in [-0.25, -0.2) is 13.1 Å². The molecule has 0 aliphatic rings. The van der Waals surface area contributed by atoms with Gasteiger partial charge in [-0.2, -0.15) is 0 Å². The Bertz CT molecular complexity index is 468. The standard InChI is InChI=1S/C12H20BrNO2S2/c1-9(2)5-4-6-10(3)14-18(15,16)12-8-7-11(13)17-12/h7-10,14H,4-6H2,1-3H3. The molecule has 6 heteroatoms. The molecule has 3 nitrogen and oxygen atoms in total. The lowest BCUT2D eigenvalue weighted by Crippen LogP contribution is -2.32. The number of hydrogen-bond donors (Lipinski definition) is 1. The second-order valence-corrected chi connectivity index (χ2v) is 9.31. The number of sulfonamides is 1. The van der Waals surface area contributed by atoms with Gasteiger partial charge in [0.15, 0.2) is 0 Å². The molecule has 1 aromatic rings. The molecule has 0 radical (unpaired) electrons. The largest absolute Gasteiger partial charge is 0.250 e. The predicted molar refractivity (Wildman–Crippen MR) is 80.5 cm³/mol.